The molecule has 2 aromatic rings. The number of nitriles is 1. The molecule has 1 aromatic heterocycles. The summed E-state index contributed by atoms with van der Waals surface area (Å²) in [5.74, 6) is -0.208. The van der Waals surface area contributed by atoms with E-state index in [4.69, 9.17) is 14.5 Å². The Morgan fingerprint density at radius 2 is 2.29 bits per heavy atom. The van der Waals surface area contributed by atoms with Gasteiger partial charge in [0.05, 0.1) is 30.7 Å². The molecule has 160 valence electrons. The summed E-state index contributed by atoms with van der Waals surface area (Å²) in [7, 11) is 0. The second kappa shape index (κ2) is 8.47. The van der Waals surface area contributed by atoms with Crippen LogP contribution in [0.3, 0.4) is 0 Å². The summed E-state index contributed by atoms with van der Waals surface area (Å²) in [5.41, 5.74) is 2.06. The topological polar surface area (TPSA) is 112 Å². The van der Waals surface area contributed by atoms with E-state index in [1.807, 2.05) is 17.0 Å². The predicted molar refractivity (Wildman–Crippen MR) is 109 cm³/mol. The molecule has 1 aromatic carbocycles. The van der Waals surface area contributed by atoms with Gasteiger partial charge in [-0.05, 0) is 30.2 Å². The lowest BCUT2D eigenvalue weighted by Crippen LogP contribution is -2.33. The molecule has 10 heteroatoms. The van der Waals surface area contributed by atoms with Gasteiger partial charge < -0.3 is 19.5 Å². The van der Waals surface area contributed by atoms with E-state index in [0.717, 1.165) is 5.57 Å². The van der Waals surface area contributed by atoms with Crippen LogP contribution in [0.15, 0.2) is 35.0 Å². The largest absolute Gasteiger partial charge is 0.442 e. The van der Waals surface area contributed by atoms with Crippen molar-refractivity contribution in [1.29, 1.82) is 5.26 Å². The van der Waals surface area contributed by atoms with E-state index in [9.17, 15) is 14.0 Å². The smallest absolute Gasteiger partial charge is 0.414 e. The Balaban J connectivity index is 1.45. The number of nitrogens with zero attached hydrogens (tertiary/aromatic N) is 4. The van der Waals surface area contributed by atoms with Crippen molar-refractivity contribution in [3.05, 3.63) is 47.6 Å². The lowest BCUT2D eigenvalue weighted by molar-refractivity contribution is -0.119. The number of amides is 2. The van der Waals surface area contributed by atoms with Crippen molar-refractivity contribution in [2.45, 2.75) is 19.4 Å². The normalized spacial score (nSPS) is 18.4. The van der Waals surface area contributed by atoms with Crippen LogP contribution in [0.1, 0.15) is 24.7 Å². The summed E-state index contributed by atoms with van der Waals surface area (Å²) >= 11 is 0. The fraction of sp³-hybridized carbons (Fsp3) is 0.333. The predicted octanol–water partition coefficient (Wildman–Crippen LogP) is 2.44. The number of rotatable bonds is 5. The first-order chi connectivity index (χ1) is 15.0. The lowest BCUT2D eigenvalue weighted by atomic mass is 10.0. The molecule has 1 atom stereocenters. The molecule has 2 aliphatic rings. The minimum Gasteiger partial charge on any atom is -0.442 e. The third-order valence-electron chi connectivity index (χ3n) is 5.23. The van der Waals surface area contributed by atoms with Gasteiger partial charge in [-0.1, -0.05) is 11.2 Å². The summed E-state index contributed by atoms with van der Waals surface area (Å²) < 4.78 is 25.3. The fourth-order valence-corrected chi connectivity index (χ4v) is 3.66. The number of cyclic esters (lactones) is 1. The number of benzene rings is 1. The third-order valence-corrected chi connectivity index (χ3v) is 5.23. The zero-order valence-electron chi connectivity index (χ0n) is 16.8. The maximum Gasteiger partial charge on any atom is 0.414 e. The fourth-order valence-electron chi connectivity index (χ4n) is 3.66. The number of carbonyl (C=O) groups is 2. The lowest BCUT2D eigenvalue weighted by Gasteiger charge is -2.28. The Kier molecular flexibility index (Phi) is 5.58. The molecule has 31 heavy (non-hydrogen) atoms. The quantitative estimate of drug-likeness (QED) is 0.783. The molecule has 0 bridgehead atoms. The molecule has 1 N–H and O–H groups in total. The van der Waals surface area contributed by atoms with Crippen LogP contribution in [0, 0.1) is 17.1 Å². The van der Waals surface area contributed by atoms with E-state index >= 15 is 0 Å². The van der Waals surface area contributed by atoms with Crippen molar-refractivity contribution < 1.29 is 23.2 Å². The van der Waals surface area contributed by atoms with Crippen molar-refractivity contribution in [2.24, 2.45) is 0 Å². The molecule has 0 radical (unpaired) electrons. The highest BCUT2D eigenvalue weighted by Crippen LogP contribution is 2.31. The molecule has 0 unspecified atom stereocenters. The molecule has 1 fully saturated rings. The van der Waals surface area contributed by atoms with Gasteiger partial charge in [-0.2, -0.15) is 5.26 Å². The van der Waals surface area contributed by atoms with Gasteiger partial charge in [0.1, 0.15) is 23.6 Å². The van der Waals surface area contributed by atoms with Gasteiger partial charge in [-0.3, -0.25) is 9.69 Å². The highest BCUT2D eigenvalue weighted by atomic mass is 19.1. The third kappa shape index (κ3) is 4.21. The minimum absolute atomic E-state index is 0.208. The van der Waals surface area contributed by atoms with Gasteiger partial charge >= 0.3 is 6.09 Å². The van der Waals surface area contributed by atoms with Gasteiger partial charge in [0.2, 0.25) is 5.91 Å². The van der Waals surface area contributed by atoms with Crippen molar-refractivity contribution >= 4 is 28.9 Å². The molecule has 1 saturated heterocycles. The molecule has 0 saturated carbocycles. The van der Waals surface area contributed by atoms with Crippen molar-refractivity contribution in [3.63, 3.8) is 0 Å². The summed E-state index contributed by atoms with van der Waals surface area (Å²) in [6.45, 7) is 2.81. The van der Waals surface area contributed by atoms with Gasteiger partial charge in [-0.25, -0.2) is 9.18 Å². The maximum absolute atomic E-state index is 14.9. The standard InChI is InChI=1S/C21H20FN5O4/c1-13(28)24-11-17-12-27(21(29)30-17)16-2-3-19(18(22)8-16)26-6-4-14(5-7-26)20-15(9-23)10-25-31-20/h2-4,8,10,17H,5-7,11-12H2,1H3,(H,24,28)/t17-/m0/s1. The zero-order chi connectivity index (χ0) is 22.0. The number of ether oxygens (including phenoxy) is 1. The van der Waals surface area contributed by atoms with E-state index in [1.165, 1.54) is 24.1 Å². The molecule has 0 aliphatic carbocycles. The van der Waals surface area contributed by atoms with E-state index in [-0.39, 0.29) is 19.0 Å². The first-order valence-corrected chi connectivity index (χ1v) is 9.77. The second-order valence-corrected chi connectivity index (χ2v) is 7.29. The van der Waals surface area contributed by atoms with Crippen LogP contribution in [0.4, 0.5) is 20.6 Å². The van der Waals surface area contributed by atoms with Crippen molar-refractivity contribution in [2.75, 3.05) is 36.0 Å². The monoisotopic (exact) mass is 425 g/mol. The van der Waals surface area contributed by atoms with E-state index in [0.29, 0.717) is 42.2 Å². The molecular weight excluding hydrogens is 405 g/mol. The summed E-state index contributed by atoms with van der Waals surface area (Å²) in [6.07, 6.45) is 2.79. The first-order valence-electron chi connectivity index (χ1n) is 9.77. The number of hydrogen-bond acceptors (Lipinski definition) is 7. The molecule has 9 nitrogen and oxygen atoms in total. The van der Waals surface area contributed by atoms with Gasteiger partial charge in [0.15, 0.2) is 5.76 Å². The highest BCUT2D eigenvalue weighted by Gasteiger charge is 2.33. The number of carbonyl (C=O) groups excluding carboxylic acids is 2. The van der Waals surface area contributed by atoms with Crippen molar-refractivity contribution in [3.8, 4) is 6.07 Å². The average Bonchev–Trinajstić information content (AvgIpc) is 3.38. The van der Waals surface area contributed by atoms with Crippen LogP contribution < -0.4 is 15.1 Å². The van der Waals surface area contributed by atoms with Crippen LogP contribution in [-0.4, -0.2) is 49.4 Å². The number of halogens is 1. The van der Waals surface area contributed by atoms with Gasteiger partial charge in [0.25, 0.3) is 0 Å². The molecule has 0 spiro atoms. The van der Waals surface area contributed by atoms with Crippen LogP contribution >= 0.6 is 0 Å². The summed E-state index contributed by atoms with van der Waals surface area (Å²) in [4.78, 5) is 26.4. The summed E-state index contributed by atoms with van der Waals surface area (Å²) in [5, 5.41) is 15.4. The van der Waals surface area contributed by atoms with Gasteiger partial charge in [0, 0.05) is 20.0 Å². The Hall–Kier alpha value is -3.87. The van der Waals surface area contributed by atoms with Gasteiger partial charge in [-0.15, -0.1) is 0 Å². The molecule has 2 amide bonds. The van der Waals surface area contributed by atoms with Crippen LogP contribution in [-0.2, 0) is 9.53 Å². The average molecular weight is 425 g/mol. The van der Waals surface area contributed by atoms with Crippen LogP contribution in [0.5, 0.6) is 0 Å². The minimum atomic E-state index is -0.576. The number of anilines is 2. The van der Waals surface area contributed by atoms with E-state index < -0.39 is 18.0 Å². The Morgan fingerprint density at radius 1 is 1.45 bits per heavy atom. The van der Waals surface area contributed by atoms with E-state index in [2.05, 4.69) is 10.5 Å². The Morgan fingerprint density at radius 3 is 2.97 bits per heavy atom. The first kappa shape index (κ1) is 20.4. The second-order valence-electron chi connectivity index (χ2n) is 7.29. The van der Waals surface area contributed by atoms with E-state index in [1.54, 1.807) is 12.1 Å². The summed E-state index contributed by atoms with van der Waals surface area (Å²) in [6, 6.07) is 6.65. The SMILES string of the molecule is CC(=O)NC[C@H]1CN(c2ccc(N3CC=C(c4oncc4C#N)CC3)c(F)c2)C(=O)O1. The van der Waals surface area contributed by atoms with Crippen LogP contribution in [0.25, 0.3) is 5.57 Å². The number of hydrogen-bond donors (Lipinski definition) is 1. The molecule has 3 heterocycles. The Bertz CT molecular complexity index is 1090. The molecule has 4 rings (SSSR count). The molecule has 2 aliphatic heterocycles. The van der Waals surface area contributed by atoms with Crippen molar-refractivity contribution in [1.82, 2.24) is 10.5 Å². The Labute approximate surface area is 177 Å². The molecular formula is C21H20FN5O4. The number of aromatic nitrogens is 1. The highest BCUT2D eigenvalue weighted by molar-refractivity contribution is 5.90. The number of nitrogens with one attached hydrogen (secondary N) is 1. The van der Waals surface area contributed by atoms with Crippen LogP contribution in [0.2, 0.25) is 0 Å². The zero-order valence-corrected chi connectivity index (χ0v) is 16.8. The maximum atomic E-state index is 14.9.